The Kier molecular flexibility index (Phi) is 3.94. The van der Waals surface area contributed by atoms with Crippen LogP contribution in [0.25, 0.3) is 5.69 Å². The van der Waals surface area contributed by atoms with Gasteiger partial charge in [0.2, 0.25) is 0 Å². The normalized spacial score (nSPS) is 10.6. The standard InChI is InChI=1S/C13H13ClFN3O2/c1-3-10-17-11(13(19)20-2)12(16)18(10)9-5-4-7(14)6-8(9)15/h4-6H,3,16H2,1-2H3. The van der Waals surface area contributed by atoms with Crippen molar-refractivity contribution in [1.82, 2.24) is 9.55 Å². The SMILES string of the molecule is CCc1nc(C(=O)OC)c(N)n1-c1ccc(Cl)cc1F. The average molecular weight is 298 g/mol. The lowest BCUT2D eigenvalue weighted by atomic mass is 10.3. The number of benzene rings is 1. The van der Waals surface area contributed by atoms with Crippen LogP contribution in [0.2, 0.25) is 5.02 Å². The zero-order chi connectivity index (χ0) is 14.9. The van der Waals surface area contributed by atoms with Gasteiger partial charge in [-0.2, -0.15) is 0 Å². The third-order valence-electron chi connectivity index (χ3n) is 2.83. The van der Waals surface area contributed by atoms with Crippen molar-refractivity contribution in [2.45, 2.75) is 13.3 Å². The quantitative estimate of drug-likeness (QED) is 0.884. The molecular weight excluding hydrogens is 285 g/mol. The van der Waals surface area contributed by atoms with Crippen LogP contribution in [-0.2, 0) is 11.2 Å². The van der Waals surface area contributed by atoms with Crippen LogP contribution < -0.4 is 5.73 Å². The molecule has 0 aliphatic heterocycles. The van der Waals surface area contributed by atoms with Crippen LogP contribution in [-0.4, -0.2) is 22.6 Å². The van der Waals surface area contributed by atoms with Gasteiger partial charge in [-0.05, 0) is 18.2 Å². The maximum atomic E-state index is 14.0. The molecule has 0 radical (unpaired) electrons. The Labute approximate surface area is 120 Å². The predicted molar refractivity (Wildman–Crippen MR) is 73.7 cm³/mol. The summed E-state index contributed by atoms with van der Waals surface area (Å²) in [5.74, 6) is -0.711. The number of aryl methyl sites for hydroxylation is 1. The van der Waals surface area contributed by atoms with Gasteiger partial charge in [0, 0.05) is 11.4 Å². The lowest BCUT2D eigenvalue weighted by molar-refractivity contribution is 0.0595. The molecule has 0 saturated heterocycles. The fourth-order valence-electron chi connectivity index (χ4n) is 1.90. The van der Waals surface area contributed by atoms with Gasteiger partial charge in [-0.1, -0.05) is 18.5 Å². The Morgan fingerprint density at radius 2 is 2.25 bits per heavy atom. The van der Waals surface area contributed by atoms with E-state index >= 15 is 0 Å². The van der Waals surface area contributed by atoms with Gasteiger partial charge in [0.05, 0.1) is 12.8 Å². The molecule has 0 spiro atoms. The van der Waals surface area contributed by atoms with Crippen molar-refractivity contribution < 1.29 is 13.9 Å². The van der Waals surface area contributed by atoms with E-state index in [2.05, 4.69) is 9.72 Å². The predicted octanol–water partition coefficient (Wildman–Crippen LogP) is 2.60. The first kappa shape index (κ1) is 14.3. The van der Waals surface area contributed by atoms with Crippen molar-refractivity contribution in [2.24, 2.45) is 0 Å². The van der Waals surface area contributed by atoms with Crippen molar-refractivity contribution in [1.29, 1.82) is 0 Å². The van der Waals surface area contributed by atoms with Crippen molar-refractivity contribution >= 4 is 23.4 Å². The number of rotatable bonds is 3. The molecule has 0 bridgehead atoms. The summed E-state index contributed by atoms with van der Waals surface area (Å²) >= 11 is 5.73. The number of imidazole rings is 1. The minimum Gasteiger partial charge on any atom is -0.464 e. The van der Waals surface area contributed by atoms with Gasteiger partial charge in [-0.15, -0.1) is 0 Å². The maximum Gasteiger partial charge on any atom is 0.360 e. The van der Waals surface area contributed by atoms with Crippen LogP contribution in [0.5, 0.6) is 0 Å². The number of nitrogen functional groups attached to an aromatic ring is 1. The summed E-state index contributed by atoms with van der Waals surface area (Å²) in [6.07, 6.45) is 0.475. The fourth-order valence-corrected chi connectivity index (χ4v) is 2.06. The summed E-state index contributed by atoms with van der Waals surface area (Å²) in [6.45, 7) is 1.83. The molecule has 0 saturated carbocycles. The van der Waals surface area contributed by atoms with E-state index in [1.165, 1.54) is 29.9 Å². The Balaban J connectivity index is 2.67. The number of aromatic nitrogens is 2. The number of carbonyl (C=O) groups is 1. The molecule has 0 amide bonds. The number of carbonyl (C=O) groups excluding carboxylic acids is 1. The number of esters is 1. The Bertz CT molecular complexity index is 670. The monoisotopic (exact) mass is 297 g/mol. The first-order valence-electron chi connectivity index (χ1n) is 5.90. The summed E-state index contributed by atoms with van der Waals surface area (Å²) in [5.41, 5.74) is 6.05. The minimum atomic E-state index is -0.662. The van der Waals surface area contributed by atoms with Gasteiger partial charge in [0.15, 0.2) is 5.69 Å². The molecule has 5 nitrogen and oxygen atoms in total. The highest BCUT2D eigenvalue weighted by Gasteiger charge is 2.22. The van der Waals surface area contributed by atoms with Crippen LogP contribution in [0.1, 0.15) is 23.2 Å². The number of anilines is 1. The zero-order valence-corrected chi connectivity index (χ0v) is 11.7. The van der Waals surface area contributed by atoms with Crippen molar-refractivity contribution in [3.8, 4) is 5.69 Å². The van der Waals surface area contributed by atoms with Crippen molar-refractivity contribution in [3.05, 3.63) is 40.6 Å². The molecular formula is C13H13ClFN3O2. The molecule has 1 aromatic heterocycles. The summed E-state index contributed by atoms with van der Waals surface area (Å²) in [4.78, 5) is 15.7. The van der Waals surface area contributed by atoms with Crippen LogP contribution in [0.3, 0.4) is 0 Å². The number of hydrogen-bond acceptors (Lipinski definition) is 4. The zero-order valence-electron chi connectivity index (χ0n) is 11.0. The first-order chi connectivity index (χ1) is 9.49. The molecule has 0 atom stereocenters. The lowest BCUT2D eigenvalue weighted by Crippen LogP contribution is -2.09. The first-order valence-corrected chi connectivity index (χ1v) is 6.28. The Morgan fingerprint density at radius 1 is 1.55 bits per heavy atom. The molecule has 2 rings (SSSR count). The van der Waals surface area contributed by atoms with Gasteiger partial charge < -0.3 is 10.5 Å². The number of halogens is 2. The highest BCUT2D eigenvalue weighted by molar-refractivity contribution is 6.30. The summed E-state index contributed by atoms with van der Waals surface area (Å²) in [7, 11) is 1.23. The smallest absolute Gasteiger partial charge is 0.360 e. The number of nitrogens with zero attached hydrogens (tertiary/aromatic N) is 2. The van der Waals surface area contributed by atoms with E-state index in [4.69, 9.17) is 17.3 Å². The van der Waals surface area contributed by atoms with Crippen LogP contribution >= 0.6 is 11.6 Å². The number of hydrogen-bond donors (Lipinski definition) is 1. The Hall–Kier alpha value is -2.08. The van der Waals surface area contributed by atoms with E-state index < -0.39 is 11.8 Å². The number of nitrogens with two attached hydrogens (primary N) is 1. The van der Waals surface area contributed by atoms with Crippen molar-refractivity contribution in [2.75, 3.05) is 12.8 Å². The second-order valence-corrected chi connectivity index (χ2v) is 4.47. The molecule has 2 N–H and O–H groups in total. The highest BCUT2D eigenvalue weighted by atomic mass is 35.5. The van der Waals surface area contributed by atoms with Crippen molar-refractivity contribution in [3.63, 3.8) is 0 Å². The van der Waals surface area contributed by atoms with E-state index in [1.807, 2.05) is 6.92 Å². The highest BCUT2D eigenvalue weighted by Crippen LogP contribution is 2.25. The van der Waals surface area contributed by atoms with E-state index in [1.54, 1.807) is 0 Å². The van der Waals surface area contributed by atoms with Gasteiger partial charge in [0.25, 0.3) is 0 Å². The maximum absolute atomic E-state index is 14.0. The number of methoxy groups -OCH3 is 1. The molecule has 1 heterocycles. The second kappa shape index (κ2) is 5.50. The van der Waals surface area contributed by atoms with E-state index in [0.29, 0.717) is 12.2 Å². The van der Waals surface area contributed by atoms with E-state index in [0.717, 1.165) is 0 Å². The largest absolute Gasteiger partial charge is 0.464 e. The molecule has 1 aromatic carbocycles. The molecule has 0 fully saturated rings. The molecule has 20 heavy (non-hydrogen) atoms. The van der Waals surface area contributed by atoms with Gasteiger partial charge in [-0.25, -0.2) is 14.2 Å². The lowest BCUT2D eigenvalue weighted by Gasteiger charge is -2.10. The van der Waals surface area contributed by atoms with Gasteiger partial charge in [-0.3, -0.25) is 4.57 Å². The fraction of sp³-hybridized carbons (Fsp3) is 0.231. The summed E-state index contributed by atoms with van der Waals surface area (Å²) in [5, 5.41) is 0.274. The molecule has 0 aliphatic rings. The Morgan fingerprint density at radius 3 is 2.80 bits per heavy atom. The topological polar surface area (TPSA) is 70.1 Å². The van der Waals surface area contributed by atoms with Crippen LogP contribution in [0.4, 0.5) is 10.2 Å². The molecule has 106 valence electrons. The third kappa shape index (κ3) is 2.34. The van der Waals surface area contributed by atoms with E-state index in [-0.39, 0.29) is 22.2 Å². The average Bonchev–Trinajstić information content (AvgIpc) is 2.75. The minimum absolute atomic E-state index is 0.0290. The van der Waals surface area contributed by atoms with E-state index in [9.17, 15) is 9.18 Å². The molecule has 2 aromatic rings. The van der Waals surface area contributed by atoms with Crippen LogP contribution in [0, 0.1) is 5.82 Å². The summed E-state index contributed by atoms with van der Waals surface area (Å²) < 4.78 is 20.0. The molecule has 7 heteroatoms. The molecule has 0 unspecified atom stereocenters. The van der Waals surface area contributed by atoms with Gasteiger partial charge >= 0.3 is 5.97 Å². The second-order valence-electron chi connectivity index (χ2n) is 4.04. The number of ether oxygens (including phenoxy) is 1. The molecule has 0 aliphatic carbocycles. The van der Waals surface area contributed by atoms with Crippen LogP contribution in [0.15, 0.2) is 18.2 Å². The van der Waals surface area contributed by atoms with Gasteiger partial charge in [0.1, 0.15) is 17.5 Å². The summed E-state index contributed by atoms with van der Waals surface area (Å²) in [6, 6.07) is 4.19. The third-order valence-corrected chi connectivity index (χ3v) is 3.06.